The van der Waals surface area contributed by atoms with Crippen molar-refractivity contribution < 1.29 is 19.1 Å². The van der Waals surface area contributed by atoms with Crippen molar-refractivity contribution in [2.24, 2.45) is 5.41 Å². The van der Waals surface area contributed by atoms with Crippen molar-refractivity contribution in [1.82, 2.24) is 20.5 Å². The van der Waals surface area contributed by atoms with Crippen LogP contribution in [0.5, 0.6) is 5.75 Å². The molecule has 0 bridgehead atoms. The largest absolute Gasteiger partial charge is 0.489 e. The van der Waals surface area contributed by atoms with E-state index < -0.39 is 11.9 Å². The normalized spacial score (nSPS) is 20.4. The number of aromatic nitrogens is 3. The van der Waals surface area contributed by atoms with Crippen LogP contribution in [0, 0.1) is 12.3 Å². The molecular formula is C28H32N6O4. The van der Waals surface area contributed by atoms with Gasteiger partial charge in [-0.2, -0.15) is 0 Å². The number of nitrogens with zero attached hydrogens (tertiary/aromatic N) is 4. The maximum atomic E-state index is 13.3. The van der Waals surface area contributed by atoms with Gasteiger partial charge >= 0.3 is 0 Å². The van der Waals surface area contributed by atoms with E-state index in [0.717, 1.165) is 50.4 Å². The molecular weight excluding hydrogens is 484 g/mol. The van der Waals surface area contributed by atoms with E-state index in [4.69, 9.17) is 9.47 Å². The molecule has 198 valence electrons. The summed E-state index contributed by atoms with van der Waals surface area (Å²) in [6.07, 6.45) is 2.71. The van der Waals surface area contributed by atoms with E-state index in [1.807, 2.05) is 49.4 Å². The summed E-state index contributed by atoms with van der Waals surface area (Å²) in [6, 6.07) is 13.2. The number of anilines is 2. The highest BCUT2D eigenvalue weighted by atomic mass is 16.5. The molecule has 0 unspecified atom stereocenters. The fourth-order valence-electron chi connectivity index (χ4n) is 5.45. The summed E-state index contributed by atoms with van der Waals surface area (Å²) >= 11 is 0. The van der Waals surface area contributed by atoms with E-state index in [1.54, 1.807) is 11.9 Å². The average molecular weight is 517 g/mol. The Bertz CT molecular complexity index is 1340. The number of likely N-dealkylation sites (N-methyl/N-ethyl adjacent to an activating group) is 1. The van der Waals surface area contributed by atoms with Gasteiger partial charge in [-0.1, -0.05) is 29.8 Å². The standard InChI is InChI=1S/C28H32N6O4/c1-18-3-5-19(6-4-18)13-24-30-25(32-31-24)26(35)29-21-15-38-23-8-7-20(14-22(23)33(2)27(21)36)34-16-28(17-34)9-11-37-12-10-28/h3-8,14,21H,9-13,15-17H2,1-2H3,(H,29,35)(H,30,31,32)/t21-/m0/s1. The molecule has 2 aromatic carbocycles. The number of H-pyrrole nitrogens is 1. The molecule has 38 heavy (non-hydrogen) atoms. The molecule has 3 aromatic rings. The first-order chi connectivity index (χ1) is 18.4. The summed E-state index contributed by atoms with van der Waals surface area (Å²) in [4.78, 5) is 34.4. The average Bonchev–Trinajstić information content (AvgIpc) is 3.35. The van der Waals surface area contributed by atoms with Gasteiger partial charge in [-0.05, 0) is 43.5 Å². The Labute approximate surface area is 221 Å². The van der Waals surface area contributed by atoms with E-state index in [9.17, 15) is 9.59 Å². The zero-order chi connectivity index (χ0) is 26.3. The number of fused-ring (bicyclic) bond motifs is 1. The minimum Gasteiger partial charge on any atom is -0.489 e. The zero-order valence-corrected chi connectivity index (χ0v) is 21.7. The predicted molar refractivity (Wildman–Crippen MR) is 142 cm³/mol. The maximum absolute atomic E-state index is 13.3. The van der Waals surface area contributed by atoms with Crippen LogP contribution in [0.2, 0.25) is 0 Å². The van der Waals surface area contributed by atoms with Gasteiger partial charge in [-0.15, -0.1) is 5.10 Å². The molecule has 2 N–H and O–H groups in total. The molecule has 6 rings (SSSR count). The topological polar surface area (TPSA) is 113 Å². The molecule has 0 aliphatic carbocycles. The predicted octanol–water partition coefficient (Wildman–Crippen LogP) is 2.47. The molecule has 2 saturated heterocycles. The lowest BCUT2D eigenvalue weighted by Crippen LogP contribution is -2.58. The molecule has 3 aliphatic heterocycles. The van der Waals surface area contributed by atoms with Gasteiger partial charge in [-0.3, -0.25) is 14.7 Å². The Morgan fingerprint density at radius 1 is 1.16 bits per heavy atom. The summed E-state index contributed by atoms with van der Waals surface area (Å²) < 4.78 is 11.5. The van der Waals surface area contributed by atoms with Crippen molar-refractivity contribution >= 4 is 23.2 Å². The molecule has 1 aromatic heterocycles. The van der Waals surface area contributed by atoms with E-state index in [1.165, 1.54) is 5.56 Å². The second-order valence-electron chi connectivity index (χ2n) is 10.6. The Morgan fingerprint density at radius 2 is 1.92 bits per heavy atom. The number of aryl methyl sites for hydroxylation is 1. The summed E-state index contributed by atoms with van der Waals surface area (Å²) in [5, 5.41) is 9.63. The number of carbonyl (C=O) groups excluding carboxylic acids is 2. The summed E-state index contributed by atoms with van der Waals surface area (Å²) in [5.41, 5.74) is 4.34. The number of nitrogens with one attached hydrogen (secondary N) is 2. The lowest BCUT2D eigenvalue weighted by atomic mass is 9.73. The van der Waals surface area contributed by atoms with Gasteiger partial charge in [0.1, 0.15) is 24.2 Å². The zero-order valence-electron chi connectivity index (χ0n) is 21.7. The minimum atomic E-state index is -0.864. The van der Waals surface area contributed by atoms with Crippen LogP contribution in [0.25, 0.3) is 0 Å². The van der Waals surface area contributed by atoms with Gasteiger partial charge in [0.25, 0.3) is 11.8 Å². The van der Waals surface area contributed by atoms with Crippen LogP contribution in [0.3, 0.4) is 0 Å². The lowest BCUT2D eigenvalue weighted by molar-refractivity contribution is -0.120. The Kier molecular flexibility index (Phi) is 6.27. The molecule has 10 heteroatoms. The number of hydrogen-bond acceptors (Lipinski definition) is 7. The Morgan fingerprint density at radius 3 is 2.68 bits per heavy atom. The summed E-state index contributed by atoms with van der Waals surface area (Å²) in [6.45, 7) is 5.71. The summed E-state index contributed by atoms with van der Waals surface area (Å²) in [5.74, 6) is 0.398. The van der Waals surface area contributed by atoms with E-state index in [-0.39, 0.29) is 18.3 Å². The number of hydrogen-bond donors (Lipinski definition) is 2. The van der Waals surface area contributed by atoms with Gasteiger partial charge in [-0.25, -0.2) is 4.98 Å². The Hall–Kier alpha value is -3.92. The SMILES string of the molecule is Cc1ccc(Cc2nc(C(=O)N[C@H]3COc4ccc(N5CC6(CCOCC6)C5)cc4N(C)C3=O)n[nH]2)cc1. The van der Waals surface area contributed by atoms with Crippen LogP contribution in [-0.4, -0.2) is 73.0 Å². The van der Waals surface area contributed by atoms with Crippen LogP contribution in [0.1, 0.15) is 40.4 Å². The third-order valence-corrected chi connectivity index (χ3v) is 7.84. The van der Waals surface area contributed by atoms with Crippen molar-refractivity contribution in [3.05, 3.63) is 65.2 Å². The lowest BCUT2D eigenvalue weighted by Gasteiger charge is -2.53. The number of rotatable bonds is 5. The molecule has 10 nitrogen and oxygen atoms in total. The molecule has 0 saturated carbocycles. The second-order valence-corrected chi connectivity index (χ2v) is 10.6. The van der Waals surface area contributed by atoms with Gasteiger partial charge in [0.15, 0.2) is 0 Å². The van der Waals surface area contributed by atoms with Crippen molar-refractivity contribution in [2.45, 2.75) is 32.2 Å². The van der Waals surface area contributed by atoms with E-state index >= 15 is 0 Å². The highest BCUT2D eigenvalue weighted by Gasteiger charge is 2.44. The molecule has 1 atom stereocenters. The number of amides is 2. The highest BCUT2D eigenvalue weighted by molar-refractivity contribution is 6.02. The molecule has 1 spiro atoms. The number of aromatic amines is 1. The van der Waals surface area contributed by atoms with Crippen molar-refractivity contribution in [3.63, 3.8) is 0 Å². The molecule has 2 amide bonds. The van der Waals surface area contributed by atoms with Gasteiger partial charge in [0.2, 0.25) is 5.82 Å². The van der Waals surface area contributed by atoms with Crippen LogP contribution in [0.4, 0.5) is 11.4 Å². The van der Waals surface area contributed by atoms with Crippen LogP contribution < -0.4 is 19.9 Å². The van der Waals surface area contributed by atoms with Crippen molar-refractivity contribution in [2.75, 3.05) is 49.8 Å². The minimum absolute atomic E-state index is 0.00793. The fourth-order valence-corrected chi connectivity index (χ4v) is 5.45. The maximum Gasteiger partial charge on any atom is 0.291 e. The number of ether oxygens (including phenoxy) is 2. The smallest absolute Gasteiger partial charge is 0.291 e. The van der Waals surface area contributed by atoms with Gasteiger partial charge in [0, 0.05) is 50.9 Å². The van der Waals surface area contributed by atoms with E-state index in [2.05, 4.69) is 25.4 Å². The summed E-state index contributed by atoms with van der Waals surface area (Å²) in [7, 11) is 1.71. The molecule has 4 heterocycles. The first-order valence-corrected chi connectivity index (χ1v) is 13.0. The third kappa shape index (κ3) is 4.71. The van der Waals surface area contributed by atoms with E-state index in [0.29, 0.717) is 29.1 Å². The monoisotopic (exact) mass is 516 g/mol. The first kappa shape index (κ1) is 24.4. The fraction of sp³-hybridized carbons (Fsp3) is 0.429. The van der Waals surface area contributed by atoms with Gasteiger partial charge in [0.05, 0.1) is 5.69 Å². The third-order valence-electron chi connectivity index (χ3n) is 7.84. The van der Waals surface area contributed by atoms with Crippen LogP contribution >= 0.6 is 0 Å². The molecule has 3 aliphatic rings. The van der Waals surface area contributed by atoms with Gasteiger partial charge < -0.3 is 24.6 Å². The Balaban J connectivity index is 1.10. The quantitative estimate of drug-likeness (QED) is 0.536. The van der Waals surface area contributed by atoms with Crippen molar-refractivity contribution in [1.29, 1.82) is 0 Å². The number of benzene rings is 2. The molecule has 2 fully saturated rings. The van der Waals surface area contributed by atoms with Crippen LogP contribution in [0.15, 0.2) is 42.5 Å². The second kappa shape index (κ2) is 9.75. The first-order valence-electron chi connectivity index (χ1n) is 13.0. The van der Waals surface area contributed by atoms with Crippen LogP contribution in [-0.2, 0) is 16.0 Å². The van der Waals surface area contributed by atoms with Crippen molar-refractivity contribution in [3.8, 4) is 5.75 Å². The molecule has 0 radical (unpaired) electrons. The highest BCUT2D eigenvalue weighted by Crippen LogP contribution is 2.44. The number of carbonyl (C=O) groups is 2.